The van der Waals surface area contributed by atoms with Gasteiger partial charge in [-0.3, -0.25) is 4.79 Å². The summed E-state index contributed by atoms with van der Waals surface area (Å²) in [5.74, 6) is 2.40. The molecule has 110 valence electrons. The number of carbonyl (C=O) groups is 1. The molecule has 0 spiro atoms. The van der Waals surface area contributed by atoms with Gasteiger partial charge in [0.15, 0.2) is 0 Å². The summed E-state index contributed by atoms with van der Waals surface area (Å²) < 4.78 is 0. The Morgan fingerprint density at radius 2 is 1.84 bits per heavy atom. The molecule has 0 aliphatic carbocycles. The predicted octanol–water partition coefficient (Wildman–Crippen LogP) is 2.52. The normalized spacial score (nSPS) is 29.5. The standard InChI is InChI=1S/C16H30N2O/c1-12(2)14-5-9-18(10-6-14)15(19)16(13(3)4)7-8-17-11-16/h12-14,17H,5-11H2,1-4H3. The fraction of sp³-hybridized carbons (Fsp3) is 0.938. The fourth-order valence-corrected chi connectivity index (χ4v) is 3.72. The first kappa shape index (κ1) is 14.8. The maximum atomic E-state index is 12.9. The number of hydrogen-bond acceptors (Lipinski definition) is 2. The van der Waals surface area contributed by atoms with E-state index in [0.29, 0.717) is 11.8 Å². The van der Waals surface area contributed by atoms with Crippen molar-refractivity contribution in [1.29, 1.82) is 0 Å². The second-order valence-electron chi connectivity index (χ2n) is 7.11. The Morgan fingerprint density at radius 1 is 1.21 bits per heavy atom. The van der Waals surface area contributed by atoms with E-state index in [9.17, 15) is 4.79 Å². The van der Waals surface area contributed by atoms with Crippen LogP contribution in [0.4, 0.5) is 0 Å². The first-order valence-electron chi connectivity index (χ1n) is 7.97. The molecule has 1 amide bonds. The number of likely N-dealkylation sites (tertiary alicyclic amines) is 1. The van der Waals surface area contributed by atoms with Gasteiger partial charge >= 0.3 is 0 Å². The van der Waals surface area contributed by atoms with Gasteiger partial charge in [0.25, 0.3) is 0 Å². The van der Waals surface area contributed by atoms with Crippen molar-refractivity contribution in [2.45, 2.75) is 47.0 Å². The molecule has 1 N–H and O–H groups in total. The minimum absolute atomic E-state index is 0.134. The van der Waals surface area contributed by atoms with Crippen LogP contribution in [0.25, 0.3) is 0 Å². The number of nitrogens with zero attached hydrogens (tertiary/aromatic N) is 1. The Balaban J connectivity index is 2.00. The van der Waals surface area contributed by atoms with Gasteiger partial charge in [0, 0.05) is 19.6 Å². The molecule has 2 fully saturated rings. The van der Waals surface area contributed by atoms with Gasteiger partial charge in [-0.25, -0.2) is 0 Å². The van der Waals surface area contributed by atoms with E-state index in [0.717, 1.165) is 44.4 Å². The zero-order chi connectivity index (χ0) is 14.0. The van der Waals surface area contributed by atoms with Crippen LogP contribution in [0.5, 0.6) is 0 Å². The molecule has 0 bridgehead atoms. The minimum Gasteiger partial charge on any atom is -0.342 e. The summed E-state index contributed by atoms with van der Waals surface area (Å²) in [5, 5.41) is 3.39. The third-order valence-electron chi connectivity index (χ3n) is 5.49. The Bertz CT molecular complexity index is 311. The van der Waals surface area contributed by atoms with Gasteiger partial charge < -0.3 is 10.2 Å². The molecule has 19 heavy (non-hydrogen) atoms. The van der Waals surface area contributed by atoms with Crippen molar-refractivity contribution in [3.63, 3.8) is 0 Å². The molecule has 0 saturated carbocycles. The lowest BCUT2D eigenvalue weighted by Crippen LogP contribution is -2.51. The summed E-state index contributed by atoms with van der Waals surface area (Å²) in [5.41, 5.74) is -0.134. The lowest BCUT2D eigenvalue weighted by atomic mass is 9.74. The maximum Gasteiger partial charge on any atom is 0.230 e. The summed E-state index contributed by atoms with van der Waals surface area (Å²) in [6, 6.07) is 0. The SMILES string of the molecule is CC(C)C1CCN(C(=O)C2(C(C)C)CCNC2)CC1. The highest BCUT2D eigenvalue weighted by Crippen LogP contribution is 2.37. The Hall–Kier alpha value is -0.570. The van der Waals surface area contributed by atoms with E-state index in [1.165, 1.54) is 12.8 Å². The quantitative estimate of drug-likeness (QED) is 0.851. The predicted molar refractivity (Wildman–Crippen MR) is 78.9 cm³/mol. The van der Waals surface area contributed by atoms with Crippen molar-refractivity contribution in [2.24, 2.45) is 23.2 Å². The second-order valence-corrected chi connectivity index (χ2v) is 7.11. The van der Waals surface area contributed by atoms with Crippen LogP contribution < -0.4 is 5.32 Å². The van der Waals surface area contributed by atoms with Crippen LogP contribution >= 0.6 is 0 Å². The van der Waals surface area contributed by atoms with Crippen LogP contribution in [0.15, 0.2) is 0 Å². The average molecular weight is 266 g/mol. The van der Waals surface area contributed by atoms with Gasteiger partial charge in [-0.1, -0.05) is 27.7 Å². The maximum absolute atomic E-state index is 12.9. The third kappa shape index (κ3) is 2.81. The van der Waals surface area contributed by atoms with Crippen molar-refractivity contribution < 1.29 is 4.79 Å². The molecular formula is C16H30N2O. The highest BCUT2D eigenvalue weighted by molar-refractivity contribution is 5.83. The zero-order valence-corrected chi connectivity index (χ0v) is 13.0. The summed E-state index contributed by atoms with van der Waals surface area (Å²) in [6.45, 7) is 12.8. The number of hydrogen-bond donors (Lipinski definition) is 1. The van der Waals surface area contributed by atoms with E-state index in [-0.39, 0.29) is 5.41 Å². The lowest BCUT2D eigenvalue weighted by Gasteiger charge is -2.40. The van der Waals surface area contributed by atoms with E-state index in [4.69, 9.17) is 0 Å². The molecule has 2 aliphatic heterocycles. The van der Waals surface area contributed by atoms with E-state index < -0.39 is 0 Å². The van der Waals surface area contributed by atoms with Crippen molar-refractivity contribution in [2.75, 3.05) is 26.2 Å². The van der Waals surface area contributed by atoms with Gasteiger partial charge in [-0.15, -0.1) is 0 Å². The van der Waals surface area contributed by atoms with Gasteiger partial charge in [0.1, 0.15) is 0 Å². The molecule has 1 unspecified atom stereocenters. The number of carbonyl (C=O) groups excluding carboxylic acids is 1. The van der Waals surface area contributed by atoms with Crippen LogP contribution in [0.3, 0.4) is 0 Å². The van der Waals surface area contributed by atoms with Crippen molar-refractivity contribution in [3.8, 4) is 0 Å². The van der Waals surface area contributed by atoms with Gasteiger partial charge in [-0.05, 0) is 43.6 Å². The Labute approximate surface area is 118 Å². The highest BCUT2D eigenvalue weighted by atomic mass is 16.2. The average Bonchev–Trinajstić information content (AvgIpc) is 2.88. The zero-order valence-electron chi connectivity index (χ0n) is 13.0. The lowest BCUT2D eigenvalue weighted by molar-refractivity contribution is -0.145. The van der Waals surface area contributed by atoms with Crippen LogP contribution in [0.1, 0.15) is 47.0 Å². The summed E-state index contributed by atoms with van der Waals surface area (Å²) in [7, 11) is 0. The van der Waals surface area contributed by atoms with E-state index >= 15 is 0 Å². The van der Waals surface area contributed by atoms with Crippen LogP contribution in [-0.2, 0) is 4.79 Å². The molecule has 2 aliphatic rings. The Kier molecular flexibility index (Phi) is 4.54. The van der Waals surface area contributed by atoms with Crippen molar-refractivity contribution in [1.82, 2.24) is 10.2 Å². The molecule has 0 aromatic rings. The van der Waals surface area contributed by atoms with Crippen LogP contribution in [-0.4, -0.2) is 37.0 Å². The molecule has 0 aromatic heterocycles. The molecule has 3 nitrogen and oxygen atoms in total. The topological polar surface area (TPSA) is 32.3 Å². The van der Waals surface area contributed by atoms with Crippen molar-refractivity contribution in [3.05, 3.63) is 0 Å². The smallest absolute Gasteiger partial charge is 0.230 e. The minimum atomic E-state index is -0.134. The van der Waals surface area contributed by atoms with E-state index in [1.54, 1.807) is 0 Å². The number of amides is 1. The highest BCUT2D eigenvalue weighted by Gasteiger charge is 2.46. The van der Waals surface area contributed by atoms with Crippen LogP contribution in [0.2, 0.25) is 0 Å². The molecule has 0 radical (unpaired) electrons. The van der Waals surface area contributed by atoms with Gasteiger partial charge in [0.05, 0.1) is 5.41 Å². The fourth-order valence-electron chi connectivity index (χ4n) is 3.72. The van der Waals surface area contributed by atoms with Gasteiger partial charge in [-0.2, -0.15) is 0 Å². The Morgan fingerprint density at radius 3 is 2.26 bits per heavy atom. The van der Waals surface area contributed by atoms with E-state index in [2.05, 4.69) is 37.9 Å². The first-order chi connectivity index (χ1) is 8.97. The molecule has 1 atom stereocenters. The first-order valence-corrected chi connectivity index (χ1v) is 7.97. The van der Waals surface area contributed by atoms with Gasteiger partial charge in [0.2, 0.25) is 5.91 Å². The van der Waals surface area contributed by atoms with E-state index in [1.807, 2.05) is 0 Å². The number of rotatable bonds is 3. The number of nitrogens with one attached hydrogen (secondary N) is 1. The summed E-state index contributed by atoms with van der Waals surface area (Å²) in [6.07, 6.45) is 3.38. The van der Waals surface area contributed by atoms with Crippen molar-refractivity contribution >= 4 is 5.91 Å². The molecule has 2 rings (SSSR count). The second kappa shape index (κ2) is 5.82. The molecule has 2 saturated heterocycles. The molecular weight excluding hydrogens is 236 g/mol. The van der Waals surface area contributed by atoms with Crippen LogP contribution in [0, 0.1) is 23.2 Å². The largest absolute Gasteiger partial charge is 0.342 e. The molecule has 0 aromatic carbocycles. The summed E-state index contributed by atoms with van der Waals surface area (Å²) >= 11 is 0. The molecule has 3 heteroatoms. The third-order valence-corrected chi connectivity index (χ3v) is 5.49. The summed E-state index contributed by atoms with van der Waals surface area (Å²) in [4.78, 5) is 15.1. The number of piperidine rings is 1. The molecule has 2 heterocycles. The monoisotopic (exact) mass is 266 g/mol.